The van der Waals surface area contributed by atoms with E-state index in [-0.39, 0.29) is 22.8 Å². The van der Waals surface area contributed by atoms with Crippen LogP contribution in [0.3, 0.4) is 0 Å². The summed E-state index contributed by atoms with van der Waals surface area (Å²) in [5.41, 5.74) is 0.0106. The molecule has 1 aliphatic heterocycles. The van der Waals surface area contributed by atoms with Crippen LogP contribution in [-0.2, 0) is 9.47 Å². The molecule has 4 N–H and O–H groups in total. The largest absolute Gasteiger partial charge is 0.493 e. The topological polar surface area (TPSA) is 144 Å². The van der Waals surface area contributed by atoms with Gasteiger partial charge in [-0.25, -0.2) is 4.79 Å². The van der Waals surface area contributed by atoms with Crippen LogP contribution in [-0.4, -0.2) is 85.0 Å². The maximum Gasteiger partial charge on any atom is 0.340 e. The molecule has 10 nitrogen and oxygen atoms in total. The molecule has 0 unspecified atom stereocenters. The number of benzene rings is 1. The lowest BCUT2D eigenvalue weighted by atomic mass is 9.99. The molecule has 0 radical (unpaired) electrons. The van der Waals surface area contributed by atoms with Crippen molar-refractivity contribution in [3.05, 3.63) is 17.7 Å². The summed E-state index contributed by atoms with van der Waals surface area (Å²) in [6.07, 6.45) is -7.67. The van der Waals surface area contributed by atoms with E-state index in [4.69, 9.17) is 28.8 Å². The van der Waals surface area contributed by atoms with E-state index in [1.807, 2.05) is 0 Å². The van der Waals surface area contributed by atoms with Gasteiger partial charge in [-0.05, 0) is 12.1 Å². The molecule has 0 spiro atoms. The second-order valence-electron chi connectivity index (χ2n) is 5.52. The number of rotatable bonds is 6. The van der Waals surface area contributed by atoms with Crippen molar-refractivity contribution in [3.63, 3.8) is 0 Å². The lowest BCUT2D eigenvalue weighted by Gasteiger charge is -2.39. The lowest BCUT2D eigenvalue weighted by molar-refractivity contribution is -0.285. The van der Waals surface area contributed by atoms with Gasteiger partial charge in [0.1, 0.15) is 24.4 Å². The van der Waals surface area contributed by atoms with Crippen LogP contribution in [0.2, 0.25) is 0 Å². The number of methoxy groups -OCH3 is 3. The van der Waals surface area contributed by atoms with Crippen LogP contribution in [0.15, 0.2) is 12.1 Å². The zero-order valence-corrected chi connectivity index (χ0v) is 14.5. The third-order valence-electron chi connectivity index (χ3n) is 3.97. The number of esters is 1. The Bertz CT molecular complexity index is 606. The second kappa shape index (κ2) is 8.52. The smallest absolute Gasteiger partial charge is 0.340 e. The monoisotopic (exact) mass is 374 g/mol. The first kappa shape index (κ1) is 20.2. The van der Waals surface area contributed by atoms with Crippen molar-refractivity contribution in [2.75, 3.05) is 27.9 Å². The molecule has 5 atom stereocenters. The van der Waals surface area contributed by atoms with Crippen LogP contribution in [0.1, 0.15) is 10.4 Å². The molecule has 1 aromatic rings. The molecule has 1 aliphatic rings. The average molecular weight is 374 g/mol. The Balaban J connectivity index is 2.24. The molecule has 0 bridgehead atoms. The molecule has 1 fully saturated rings. The Labute approximate surface area is 149 Å². The number of aliphatic hydroxyl groups excluding tert-OH is 4. The number of carbonyl (C=O) groups is 1. The maximum absolute atomic E-state index is 12.4. The van der Waals surface area contributed by atoms with E-state index in [1.54, 1.807) is 0 Å². The summed E-state index contributed by atoms with van der Waals surface area (Å²) in [5.74, 6) is -0.201. The van der Waals surface area contributed by atoms with Crippen molar-refractivity contribution in [1.29, 1.82) is 0 Å². The summed E-state index contributed by atoms with van der Waals surface area (Å²) in [4.78, 5) is 12.4. The summed E-state index contributed by atoms with van der Waals surface area (Å²) >= 11 is 0. The molecule has 10 heteroatoms. The van der Waals surface area contributed by atoms with E-state index in [2.05, 4.69) is 0 Å². The molecular weight excluding hydrogens is 352 g/mol. The van der Waals surface area contributed by atoms with E-state index >= 15 is 0 Å². The minimum atomic E-state index is -1.70. The molecular formula is C16H22O10. The average Bonchev–Trinajstić information content (AvgIpc) is 2.66. The molecule has 26 heavy (non-hydrogen) atoms. The maximum atomic E-state index is 12.4. The molecule has 1 saturated heterocycles. The highest BCUT2D eigenvalue weighted by Gasteiger charge is 2.45. The van der Waals surface area contributed by atoms with Crippen molar-refractivity contribution in [1.82, 2.24) is 0 Å². The Morgan fingerprint density at radius 2 is 1.58 bits per heavy atom. The van der Waals surface area contributed by atoms with Crippen molar-refractivity contribution in [2.24, 2.45) is 0 Å². The summed E-state index contributed by atoms with van der Waals surface area (Å²) < 4.78 is 25.7. The Morgan fingerprint density at radius 3 is 2.04 bits per heavy atom. The van der Waals surface area contributed by atoms with Gasteiger partial charge < -0.3 is 44.1 Å². The first-order valence-corrected chi connectivity index (χ1v) is 7.69. The Hall–Kier alpha value is -2.11. The lowest BCUT2D eigenvalue weighted by Crippen LogP contribution is -2.59. The van der Waals surface area contributed by atoms with E-state index in [9.17, 15) is 20.1 Å². The minimum Gasteiger partial charge on any atom is -0.493 e. The number of carbonyl (C=O) groups excluding carboxylic acids is 1. The van der Waals surface area contributed by atoms with Crippen LogP contribution in [0.25, 0.3) is 0 Å². The Morgan fingerprint density at radius 1 is 1.00 bits per heavy atom. The van der Waals surface area contributed by atoms with E-state index in [1.165, 1.54) is 33.5 Å². The summed E-state index contributed by atoms with van der Waals surface area (Å²) in [7, 11) is 4.17. The third kappa shape index (κ3) is 3.84. The molecule has 0 saturated carbocycles. The zero-order chi connectivity index (χ0) is 19.4. The molecule has 1 heterocycles. The Kier molecular flexibility index (Phi) is 6.62. The van der Waals surface area contributed by atoms with E-state index < -0.39 is 43.3 Å². The minimum absolute atomic E-state index is 0.0106. The third-order valence-corrected chi connectivity index (χ3v) is 3.97. The molecule has 0 aromatic heterocycles. The van der Waals surface area contributed by atoms with Gasteiger partial charge in [0.05, 0.1) is 33.5 Å². The van der Waals surface area contributed by atoms with Crippen molar-refractivity contribution in [2.45, 2.75) is 30.7 Å². The molecule has 0 amide bonds. The van der Waals surface area contributed by atoms with Gasteiger partial charge in [0.25, 0.3) is 0 Å². The number of aliphatic hydroxyl groups is 4. The van der Waals surface area contributed by atoms with Crippen molar-refractivity contribution in [3.8, 4) is 17.2 Å². The molecule has 146 valence electrons. The standard InChI is InChI=1S/C16H22O10/c1-22-8-4-7(5-9(23-2)14(8)24-3)15(21)26-16-13(20)12(19)11(18)10(6-17)25-16/h4-5,10-13,16-20H,6H2,1-3H3/t10-,11-,12+,13-,16-/m1/s1. The summed E-state index contributed by atoms with van der Waals surface area (Å²) in [5, 5.41) is 38.6. The SMILES string of the molecule is COc1cc(C(=O)O[C@H]2O[C@H](CO)[C@@H](O)[C@H](O)[C@H]2O)cc(OC)c1OC. The van der Waals surface area contributed by atoms with Crippen molar-refractivity contribution < 1.29 is 48.9 Å². The summed E-state index contributed by atoms with van der Waals surface area (Å²) in [6, 6.07) is 2.68. The normalized spacial score (nSPS) is 28.3. The van der Waals surface area contributed by atoms with Gasteiger partial charge in [-0.1, -0.05) is 0 Å². The first-order valence-electron chi connectivity index (χ1n) is 7.69. The van der Waals surface area contributed by atoms with Gasteiger partial charge in [0, 0.05) is 0 Å². The number of hydrogen-bond acceptors (Lipinski definition) is 10. The quantitative estimate of drug-likeness (QED) is 0.442. The van der Waals surface area contributed by atoms with Gasteiger partial charge in [-0.2, -0.15) is 0 Å². The summed E-state index contributed by atoms with van der Waals surface area (Å²) in [6.45, 7) is -0.636. The highest BCUT2D eigenvalue weighted by atomic mass is 16.7. The van der Waals surface area contributed by atoms with Gasteiger partial charge in [0.2, 0.25) is 12.0 Å². The van der Waals surface area contributed by atoms with Gasteiger partial charge in [0.15, 0.2) is 11.5 Å². The zero-order valence-electron chi connectivity index (χ0n) is 14.5. The molecule has 0 aliphatic carbocycles. The fourth-order valence-corrected chi connectivity index (χ4v) is 2.54. The van der Waals surface area contributed by atoms with E-state index in [0.29, 0.717) is 0 Å². The molecule has 1 aromatic carbocycles. The van der Waals surface area contributed by atoms with Crippen LogP contribution < -0.4 is 14.2 Å². The van der Waals surface area contributed by atoms with Crippen LogP contribution in [0, 0.1) is 0 Å². The van der Waals surface area contributed by atoms with Gasteiger partial charge in [-0.3, -0.25) is 0 Å². The van der Waals surface area contributed by atoms with Gasteiger partial charge >= 0.3 is 5.97 Å². The first-order chi connectivity index (χ1) is 12.4. The highest BCUT2D eigenvalue weighted by Crippen LogP contribution is 2.38. The van der Waals surface area contributed by atoms with Crippen LogP contribution in [0.5, 0.6) is 17.2 Å². The number of hydrogen-bond donors (Lipinski definition) is 4. The number of ether oxygens (including phenoxy) is 5. The van der Waals surface area contributed by atoms with Gasteiger partial charge in [-0.15, -0.1) is 0 Å². The fraction of sp³-hybridized carbons (Fsp3) is 0.562. The van der Waals surface area contributed by atoms with Crippen molar-refractivity contribution >= 4 is 5.97 Å². The van der Waals surface area contributed by atoms with Crippen LogP contribution >= 0.6 is 0 Å². The van der Waals surface area contributed by atoms with E-state index in [0.717, 1.165) is 0 Å². The predicted octanol–water partition coefficient (Wildman–Crippen LogP) is -1.33. The fourth-order valence-electron chi connectivity index (χ4n) is 2.54. The molecule has 2 rings (SSSR count). The predicted molar refractivity (Wildman–Crippen MR) is 85.3 cm³/mol. The van der Waals surface area contributed by atoms with Crippen LogP contribution in [0.4, 0.5) is 0 Å². The highest BCUT2D eigenvalue weighted by molar-refractivity contribution is 5.91. The second-order valence-corrected chi connectivity index (χ2v) is 5.52.